The number of hydrogen-bond acceptors (Lipinski definition) is 3. The largest absolute Gasteiger partial charge is 0.397 e. The Bertz CT molecular complexity index is 274. The van der Waals surface area contributed by atoms with Crippen molar-refractivity contribution in [3.05, 3.63) is 23.8 Å². The molecule has 0 aliphatic rings. The van der Waals surface area contributed by atoms with Crippen LogP contribution in [-0.2, 0) is 0 Å². The predicted octanol–water partition coefficient (Wildman–Crippen LogP) is 1.55. The molecule has 1 aromatic rings. The number of likely N-dealkylation sites (N-methyl/N-ethyl adjacent to an activating group) is 1. The molecule has 1 aromatic carbocycles. The van der Waals surface area contributed by atoms with Crippen LogP contribution >= 0.6 is 0 Å². The van der Waals surface area contributed by atoms with Gasteiger partial charge in [0.05, 0.1) is 11.4 Å². The summed E-state index contributed by atoms with van der Waals surface area (Å²) in [5.41, 5.74) is 8.95. The molecule has 1 rings (SSSR count). The van der Waals surface area contributed by atoms with Crippen LogP contribution in [0.1, 0.15) is 5.56 Å². The summed E-state index contributed by atoms with van der Waals surface area (Å²) in [7, 11) is 4.12. The standard InChI is InChI=1S/C11H19N3/c1-9-5-4-6-10(12)11(9)13-7-8-14(2)3/h4-6,13H,7-8,12H2,1-3H3. The molecule has 0 heterocycles. The van der Waals surface area contributed by atoms with Crippen LogP contribution in [0.3, 0.4) is 0 Å². The Hall–Kier alpha value is -1.22. The fraction of sp³-hybridized carbons (Fsp3) is 0.455. The van der Waals surface area contributed by atoms with Crippen LogP contribution in [0.15, 0.2) is 18.2 Å². The fourth-order valence-corrected chi connectivity index (χ4v) is 1.34. The molecule has 0 saturated carbocycles. The third-order valence-electron chi connectivity index (χ3n) is 2.17. The zero-order chi connectivity index (χ0) is 10.6. The second-order valence-corrected chi connectivity index (χ2v) is 3.77. The molecular formula is C11H19N3. The number of nitrogens with two attached hydrogens (primary N) is 1. The first kappa shape index (κ1) is 10.9. The zero-order valence-corrected chi connectivity index (χ0v) is 9.17. The summed E-state index contributed by atoms with van der Waals surface area (Å²) in [5, 5.41) is 3.35. The van der Waals surface area contributed by atoms with E-state index in [4.69, 9.17) is 5.73 Å². The third kappa shape index (κ3) is 2.92. The zero-order valence-electron chi connectivity index (χ0n) is 9.17. The number of anilines is 2. The lowest BCUT2D eigenvalue weighted by Gasteiger charge is -2.14. The van der Waals surface area contributed by atoms with Crippen molar-refractivity contribution in [3.63, 3.8) is 0 Å². The molecule has 0 spiro atoms. The molecule has 0 aromatic heterocycles. The predicted molar refractivity (Wildman–Crippen MR) is 62.6 cm³/mol. The lowest BCUT2D eigenvalue weighted by molar-refractivity contribution is 0.425. The highest BCUT2D eigenvalue weighted by Crippen LogP contribution is 2.21. The van der Waals surface area contributed by atoms with Crippen molar-refractivity contribution < 1.29 is 0 Å². The van der Waals surface area contributed by atoms with Gasteiger partial charge in [0.25, 0.3) is 0 Å². The highest BCUT2D eigenvalue weighted by molar-refractivity contribution is 5.69. The van der Waals surface area contributed by atoms with Crippen LogP contribution in [0.5, 0.6) is 0 Å². The van der Waals surface area contributed by atoms with Gasteiger partial charge >= 0.3 is 0 Å². The Morgan fingerprint density at radius 3 is 2.64 bits per heavy atom. The first-order chi connectivity index (χ1) is 6.61. The first-order valence-electron chi connectivity index (χ1n) is 4.85. The van der Waals surface area contributed by atoms with Crippen molar-refractivity contribution in [1.29, 1.82) is 0 Å². The lowest BCUT2D eigenvalue weighted by Crippen LogP contribution is -2.21. The average Bonchev–Trinajstić information content (AvgIpc) is 2.09. The molecule has 0 bridgehead atoms. The number of hydrogen-bond donors (Lipinski definition) is 2. The van der Waals surface area contributed by atoms with E-state index in [2.05, 4.69) is 37.3 Å². The second-order valence-electron chi connectivity index (χ2n) is 3.77. The monoisotopic (exact) mass is 193 g/mol. The van der Waals surface area contributed by atoms with E-state index in [1.807, 2.05) is 12.1 Å². The molecule has 78 valence electrons. The highest BCUT2D eigenvalue weighted by atomic mass is 15.1. The van der Waals surface area contributed by atoms with Crippen molar-refractivity contribution in [3.8, 4) is 0 Å². The Labute approximate surface area is 85.9 Å². The maximum Gasteiger partial charge on any atom is 0.0604 e. The number of nitrogen functional groups attached to an aromatic ring is 1. The lowest BCUT2D eigenvalue weighted by atomic mass is 10.1. The summed E-state index contributed by atoms with van der Waals surface area (Å²) in [4.78, 5) is 2.14. The van der Waals surface area contributed by atoms with E-state index < -0.39 is 0 Å². The topological polar surface area (TPSA) is 41.3 Å². The molecule has 3 nitrogen and oxygen atoms in total. The summed E-state index contributed by atoms with van der Waals surface area (Å²) in [6, 6.07) is 5.96. The van der Waals surface area contributed by atoms with E-state index in [0.29, 0.717) is 0 Å². The molecule has 0 atom stereocenters. The van der Waals surface area contributed by atoms with E-state index in [1.165, 1.54) is 5.56 Å². The maximum absolute atomic E-state index is 5.86. The van der Waals surface area contributed by atoms with Crippen molar-refractivity contribution in [2.24, 2.45) is 0 Å². The summed E-state index contributed by atoms with van der Waals surface area (Å²) >= 11 is 0. The van der Waals surface area contributed by atoms with Gasteiger partial charge in [-0.25, -0.2) is 0 Å². The van der Waals surface area contributed by atoms with Crippen LogP contribution in [0.25, 0.3) is 0 Å². The van der Waals surface area contributed by atoms with Crippen molar-refractivity contribution in [2.75, 3.05) is 38.2 Å². The van der Waals surface area contributed by atoms with Crippen LogP contribution in [0.4, 0.5) is 11.4 Å². The summed E-state index contributed by atoms with van der Waals surface area (Å²) in [6.45, 7) is 3.99. The Morgan fingerprint density at radius 1 is 1.36 bits per heavy atom. The van der Waals surface area contributed by atoms with E-state index >= 15 is 0 Å². The summed E-state index contributed by atoms with van der Waals surface area (Å²) in [6.07, 6.45) is 0. The van der Waals surface area contributed by atoms with Crippen LogP contribution in [-0.4, -0.2) is 32.1 Å². The SMILES string of the molecule is Cc1cccc(N)c1NCCN(C)C. The van der Waals surface area contributed by atoms with Gasteiger partial charge in [-0.2, -0.15) is 0 Å². The maximum atomic E-state index is 5.86. The molecule has 0 amide bonds. The first-order valence-corrected chi connectivity index (χ1v) is 4.85. The Balaban J connectivity index is 2.58. The van der Waals surface area contributed by atoms with Gasteiger partial charge in [0.2, 0.25) is 0 Å². The molecule has 3 N–H and O–H groups in total. The number of rotatable bonds is 4. The van der Waals surface area contributed by atoms with Crippen LogP contribution in [0, 0.1) is 6.92 Å². The van der Waals surface area contributed by atoms with E-state index in [-0.39, 0.29) is 0 Å². The molecule has 0 fully saturated rings. The molecule has 14 heavy (non-hydrogen) atoms. The molecule has 0 aliphatic heterocycles. The number of para-hydroxylation sites is 1. The van der Waals surface area contributed by atoms with E-state index in [1.54, 1.807) is 0 Å². The number of benzene rings is 1. The van der Waals surface area contributed by atoms with E-state index in [0.717, 1.165) is 24.5 Å². The van der Waals surface area contributed by atoms with Gasteiger partial charge in [-0.3, -0.25) is 0 Å². The number of nitrogens with zero attached hydrogens (tertiary/aromatic N) is 1. The molecule has 3 heteroatoms. The molecule has 0 radical (unpaired) electrons. The highest BCUT2D eigenvalue weighted by Gasteiger charge is 2.00. The normalized spacial score (nSPS) is 10.6. The van der Waals surface area contributed by atoms with Crippen molar-refractivity contribution in [1.82, 2.24) is 4.90 Å². The van der Waals surface area contributed by atoms with Crippen molar-refractivity contribution >= 4 is 11.4 Å². The quantitative estimate of drug-likeness (QED) is 0.713. The van der Waals surface area contributed by atoms with Gasteiger partial charge in [0.15, 0.2) is 0 Å². The summed E-state index contributed by atoms with van der Waals surface area (Å²) in [5.74, 6) is 0. The second kappa shape index (κ2) is 4.86. The Morgan fingerprint density at radius 2 is 2.07 bits per heavy atom. The van der Waals surface area contributed by atoms with Gasteiger partial charge < -0.3 is 16.0 Å². The molecule has 0 saturated heterocycles. The van der Waals surface area contributed by atoms with Crippen molar-refractivity contribution in [2.45, 2.75) is 6.92 Å². The fourth-order valence-electron chi connectivity index (χ4n) is 1.34. The van der Waals surface area contributed by atoms with Crippen LogP contribution < -0.4 is 11.1 Å². The van der Waals surface area contributed by atoms with Gasteiger partial charge in [-0.05, 0) is 32.6 Å². The van der Waals surface area contributed by atoms with Gasteiger partial charge in [0.1, 0.15) is 0 Å². The minimum absolute atomic E-state index is 0.823. The van der Waals surface area contributed by atoms with Crippen LogP contribution in [0.2, 0.25) is 0 Å². The van der Waals surface area contributed by atoms with E-state index in [9.17, 15) is 0 Å². The average molecular weight is 193 g/mol. The minimum atomic E-state index is 0.823. The molecular weight excluding hydrogens is 174 g/mol. The van der Waals surface area contributed by atoms with Gasteiger partial charge in [-0.15, -0.1) is 0 Å². The third-order valence-corrected chi connectivity index (χ3v) is 2.17. The Kier molecular flexibility index (Phi) is 3.77. The number of nitrogens with one attached hydrogen (secondary N) is 1. The molecule has 0 aliphatic carbocycles. The smallest absolute Gasteiger partial charge is 0.0604 e. The van der Waals surface area contributed by atoms with Gasteiger partial charge in [-0.1, -0.05) is 12.1 Å². The number of aryl methyl sites for hydroxylation is 1. The minimum Gasteiger partial charge on any atom is -0.397 e. The summed E-state index contributed by atoms with van der Waals surface area (Å²) < 4.78 is 0. The molecule has 0 unspecified atom stereocenters. The van der Waals surface area contributed by atoms with Gasteiger partial charge in [0, 0.05) is 13.1 Å².